The topological polar surface area (TPSA) is 126 Å². The zero-order valence-corrected chi connectivity index (χ0v) is 10.8. The van der Waals surface area contributed by atoms with Gasteiger partial charge in [-0.25, -0.2) is 4.79 Å². The van der Waals surface area contributed by atoms with Crippen molar-refractivity contribution in [1.29, 1.82) is 0 Å². The second-order valence-corrected chi connectivity index (χ2v) is 5.01. The van der Waals surface area contributed by atoms with E-state index < -0.39 is 21.8 Å². The van der Waals surface area contributed by atoms with Gasteiger partial charge in [-0.1, -0.05) is 0 Å². The Morgan fingerprint density at radius 1 is 1.42 bits per heavy atom. The van der Waals surface area contributed by atoms with Crippen molar-refractivity contribution in [2.24, 2.45) is 10.2 Å². The molecule has 1 rings (SSSR count). The van der Waals surface area contributed by atoms with Crippen LogP contribution in [0.1, 0.15) is 10.4 Å². The van der Waals surface area contributed by atoms with Crippen molar-refractivity contribution in [2.75, 3.05) is 19.4 Å². The van der Waals surface area contributed by atoms with Crippen LogP contribution in [0, 0.1) is 0 Å². The van der Waals surface area contributed by atoms with Gasteiger partial charge in [-0.05, 0) is 18.2 Å². The molecule has 1 aromatic carbocycles. The van der Waals surface area contributed by atoms with Gasteiger partial charge in [0.25, 0.3) is 10.1 Å². The number of nitrogens with zero attached hydrogens (tertiary/aromatic N) is 2. The van der Waals surface area contributed by atoms with E-state index in [1.807, 2.05) is 0 Å². The summed E-state index contributed by atoms with van der Waals surface area (Å²) >= 11 is 0. The number of ether oxygens (including phenoxy) is 1. The van der Waals surface area contributed by atoms with Crippen LogP contribution in [-0.4, -0.2) is 43.5 Å². The average Bonchev–Trinajstić information content (AvgIpc) is 2.33. The summed E-state index contributed by atoms with van der Waals surface area (Å²) in [5.41, 5.74) is 0.169. The fourth-order valence-corrected chi connectivity index (χ4v) is 1.53. The molecular formula is C10H12N2O6S. The zero-order chi connectivity index (χ0) is 14.5. The van der Waals surface area contributed by atoms with Gasteiger partial charge in [0.1, 0.15) is 11.3 Å². The van der Waals surface area contributed by atoms with Crippen molar-refractivity contribution >= 4 is 21.8 Å². The third kappa shape index (κ3) is 5.02. The molecule has 2 N–H and O–H groups in total. The molecule has 0 aliphatic rings. The van der Waals surface area contributed by atoms with E-state index in [0.717, 1.165) is 0 Å². The Morgan fingerprint density at radius 3 is 2.63 bits per heavy atom. The molecule has 0 saturated carbocycles. The van der Waals surface area contributed by atoms with E-state index in [1.165, 1.54) is 25.3 Å². The van der Waals surface area contributed by atoms with Crippen LogP contribution in [0.15, 0.2) is 28.4 Å². The van der Waals surface area contributed by atoms with E-state index >= 15 is 0 Å². The van der Waals surface area contributed by atoms with Crippen molar-refractivity contribution in [3.8, 4) is 5.75 Å². The Hall–Kier alpha value is -2.00. The second kappa shape index (κ2) is 6.25. The molecule has 0 amide bonds. The number of rotatable bonds is 6. The molecule has 104 valence electrons. The summed E-state index contributed by atoms with van der Waals surface area (Å²) in [5.74, 6) is -1.53. The van der Waals surface area contributed by atoms with Gasteiger partial charge in [0.2, 0.25) is 0 Å². The minimum atomic E-state index is -4.08. The molecule has 0 aliphatic heterocycles. The van der Waals surface area contributed by atoms with Crippen LogP contribution >= 0.6 is 0 Å². The smallest absolute Gasteiger partial charge is 0.339 e. The maximum Gasteiger partial charge on any atom is 0.339 e. The number of carboxylic acid groups (broad SMARTS) is 1. The highest BCUT2D eigenvalue weighted by atomic mass is 32.2. The molecule has 0 unspecified atom stereocenters. The summed E-state index contributed by atoms with van der Waals surface area (Å²) in [6.45, 7) is -0.215. The van der Waals surface area contributed by atoms with Crippen LogP contribution in [0.25, 0.3) is 0 Å². The molecule has 0 bridgehead atoms. The summed E-state index contributed by atoms with van der Waals surface area (Å²) < 4.78 is 34.2. The molecule has 0 saturated heterocycles. The third-order valence-corrected chi connectivity index (χ3v) is 2.75. The summed E-state index contributed by atoms with van der Waals surface area (Å²) in [5, 5.41) is 16.1. The average molecular weight is 288 g/mol. The molecule has 0 heterocycles. The molecule has 9 heteroatoms. The number of hydrogen-bond donors (Lipinski definition) is 2. The van der Waals surface area contributed by atoms with Crippen molar-refractivity contribution in [2.45, 2.75) is 0 Å². The van der Waals surface area contributed by atoms with E-state index in [-0.39, 0.29) is 23.5 Å². The SMILES string of the molecule is COc1ccc(N=NCCS(=O)(=O)O)cc1C(=O)O. The standard InChI is InChI=1S/C10H12N2O6S/c1-18-9-3-2-7(6-8(9)10(13)14)12-11-4-5-19(15,16)17/h2-3,6H,4-5H2,1H3,(H,13,14)(H,15,16,17). The Balaban J connectivity index is 2.82. The van der Waals surface area contributed by atoms with Gasteiger partial charge in [0, 0.05) is 0 Å². The van der Waals surface area contributed by atoms with E-state index in [4.69, 9.17) is 14.4 Å². The van der Waals surface area contributed by atoms with Crippen LogP contribution in [0.4, 0.5) is 5.69 Å². The van der Waals surface area contributed by atoms with Crippen molar-refractivity contribution in [1.82, 2.24) is 0 Å². The lowest BCUT2D eigenvalue weighted by Gasteiger charge is -2.04. The van der Waals surface area contributed by atoms with Gasteiger partial charge in [-0.3, -0.25) is 4.55 Å². The molecule has 0 radical (unpaired) electrons. The van der Waals surface area contributed by atoms with Crippen molar-refractivity contribution in [3.05, 3.63) is 23.8 Å². The highest BCUT2D eigenvalue weighted by Crippen LogP contribution is 2.24. The zero-order valence-electron chi connectivity index (χ0n) is 9.98. The first kappa shape index (κ1) is 15.1. The number of methoxy groups -OCH3 is 1. The van der Waals surface area contributed by atoms with Crippen molar-refractivity contribution in [3.63, 3.8) is 0 Å². The first-order chi connectivity index (χ1) is 8.83. The number of carboxylic acids is 1. The lowest BCUT2D eigenvalue weighted by molar-refractivity contribution is 0.0693. The van der Waals surface area contributed by atoms with Crippen molar-refractivity contribution < 1.29 is 27.6 Å². The quantitative estimate of drug-likeness (QED) is 0.601. The van der Waals surface area contributed by atoms with Gasteiger partial charge >= 0.3 is 5.97 Å². The Labute approximate surface area is 109 Å². The lowest BCUT2D eigenvalue weighted by Crippen LogP contribution is -2.05. The molecule has 0 aromatic heterocycles. The number of aromatic carboxylic acids is 1. The maximum absolute atomic E-state index is 10.9. The van der Waals surface area contributed by atoms with Crippen LogP contribution in [0.2, 0.25) is 0 Å². The van der Waals surface area contributed by atoms with Crippen LogP contribution < -0.4 is 4.74 Å². The largest absolute Gasteiger partial charge is 0.496 e. The first-order valence-electron chi connectivity index (χ1n) is 5.07. The van der Waals surface area contributed by atoms with Gasteiger partial charge in [-0.2, -0.15) is 18.6 Å². The van der Waals surface area contributed by atoms with Gasteiger partial charge in [0.05, 0.1) is 25.1 Å². The van der Waals surface area contributed by atoms with E-state index in [1.54, 1.807) is 0 Å². The van der Waals surface area contributed by atoms with Crippen LogP contribution in [0.5, 0.6) is 5.75 Å². The summed E-state index contributed by atoms with van der Waals surface area (Å²) in [7, 11) is -2.74. The highest BCUT2D eigenvalue weighted by Gasteiger charge is 2.11. The molecule has 1 aromatic rings. The number of carbonyl (C=O) groups is 1. The summed E-state index contributed by atoms with van der Waals surface area (Å²) in [4.78, 5) is 10.9. The molecule has 0 atom stereocenters. The molecule has 8 nitrogen and oxygen atoms in total. The predicted octanol–water partition coefficient (Wildman–Crippen LogP) is 1.36. The molecule has 0 aliphatic carbocycles. The summed E-state index contributed by atoms with van der Waals surface area (Å²) in [6.07, 6.45) is 0. The second-order valence-electron chi connectivity index (χ2n) is 3.44. The lowest BCUT2D eigenvalue weighted by atomic mass is 10.2. The Morgan fingerprint density at radius 2 is 2.11 bits per heavy atom. The normalized spacial score (nSPS) is 11.7. The number of hydrogen-bond acceptors (Lipinski definition) is 6. The third-order valence-electron chi connectivity index (χ3n) is 2.05. The van der Waals surface area contributed by atoms with E-state index in [9.17, 15) is 13.2 Å². The van der Waals surface area contributed by atoms with Crippen LogP contribution in [0.3, 0.4) is 0 Å². The fraction of sp³-hybridized carbons (Fsp3) is 0.300. The minimum Gasteiger partial charge on any atom is -0.496 e. The summed E-state index contributed by atoms with van der Waals surface area (Å²) in [6, 6.07) is 4.14. The molecule has 19 heavy (non-hydrogen) atoms. The highest BCUT2D eigenvalue weighted by molar-refractivity contribution is 7.85. The molecular weight excluding hydrogens is 276 g/mol. The van der Waals surface area contributed by atoms with E-state index in [0.29, 0.717) is 0 Å². The minimum absolute atomic E-state index is 0.0753. The number of azo groups is 1. The van der Waals surface area contributed by atoms with E-state index in [2.05, 4.69) is 10.2 Å². The maximum atomic E-state index is 10.9. The monoisotopic (exact) mass is 288 g/mol. The Bertz CT molecular complexity index is 596. The molecule has 0 fully saturated rings. The predicted molar refractivity (Wildman–Crippen MR) is 65.8 cm³/mol. The molecule has 0 spiro atoms. The van der Waals surface area contributed by atoms with Gasteiger partial charge < -0.3 is 9.84 Å². The number of benzene rings is 1. The fourth-order valence-electron chi connectivity index (χ4n) is 1.21. The van der Waals surface area contributed by atoms with Gasteiger partial charge in [0.15, 0.2) is 0 Å². The van der Waals surface area contributed by atoms with Crippen LogP contribution in [-0.2, 0) is 10.1 Å². The first-order valence-corrected chi connectivity index (χ1v) is 6.68. The Kier molecular flexibility index (Phi) is 4.95. The van der Waals surface area contributed by atoms with Gasteiger partial charge in [-0.15, -0.1) is 0 Å².